The van der Waals surface area contributed by atoms with Crippen molar-refractivity contribution in [3.8, 4) is 0 Å². The molecule has 0 spiro atoms. The second-order valence-electron chi connectivity index (χ2n) is 6.03. The molecular formula is C16H20N4O4S2. The van der Waals surface area contributed by atoms with Crippen molar-refractivity contribution in [2.24, 2.45) is 0 Å². The molecule has 3 heterocycles. The van der Waals surface area contributed by atoms with Gasteiger partial charge in [0.25, 0.3) is 0 Å². The van der Waals surface area contributed by atoms with Crippen LogP contribution in [0, 0.1) is 6.92 Å². The number of nitrogens with one attached hydrogen (secondary N) is 1. The molecule has 8 nitrogen and oxygen atoms in total. The van der Waals surface area contributed by atoms with E-state index >= 15 is 0 Å². The van der Waals surface area contributed by atoms with Gasteiger partial charge in [0.05, 0.1) is 16.0 Å². The Morgan fingerprint density at radius 2 is 2.08 bits per heavy atom. The highest BCUT2D eigenvalue weighted by Crippen LogP contribution is 2.25. The third-order valence-corrected chi connectivity index (χ3v) is 6.89. The van der Waals surface area contributed by atoms with Gasteiger partial charge < -0.3 is 4.52 Å². The Bertz CT molecular complexity index is 874. The minimum Gasteiger partial charge on any atom is -0.338 e. The Morgan fingerprint density at radius 1 is 1.35 bits per heavy atom. The maximum atomic E-state index is 12.5. The summed E-state index contributed by atoms with van der Waals surface area (Å²) in [7, 11) is -3.48. The fourth-order valence-electron chi connectivity index (χ4n) is 2.55. The van der Waals surface area contributed by atoms with Crippen molar-refractivity contribution < 1.29 is 17.7 Å². The number of aromatic nitrogens is 2. The van der Waals surface area contributed by atoms with E-state index in [1.807, 2.05) is 0 Å². The normalized spacial score (nSPS) is 16.5. The van der Waals surface area contributed by atoms with E-state index in [1.54, 1.807) is 26.0 Å². The molecule has 0 aliphatic carbocycles. The second kappa shape index (κ2) is 7.77. The minimum atomic E-state index is -3.48. The van der Waals surface area contributed by atoms with Crippen LogP contribution in [0.25, 0.3) is 0 Å². The molecule has 1 aliphatic rings. The Morgan fingerprint density at radius 3 is 2.65 bits per heavy atom. The van der Waals surface area contributed by atoms with Crippen LogP contribution in [0.5, 0.6) is 0 Å². The average molecular weight is 396 g/mol. The fraction of sp³-hybridized carbons (Fsp3) is 0.438. The highest BCUT2D eigenvalue weighted by molar-refractivity contribution is 8.00. The summed E-state index contributed by atoms with van der Waals surface area (Å²) in [6, 6.07) is 4.79. The number of rotatable bonds is 6. The molecule has 0 aromatic carbocycles. The Kier molecular flexibility index (Phi) is 5.64. The van der Waals surface area contributed by atoms with Gasteiger partial charge >= 0.3 is 0 Å². The summed E-state index contributed by atoms with van der Waals surface area (Å²) in [5.41, 5.74) is 0.678. The van der Waals surface area contributed by atoms with Gasteiger partial charge in [0, 0.05) is 25.4 Å². The summed E-state index contributed by atoms with van der Waals surface area (Å²) in [4.78, 5) is 16.5. The predicted molar refractivity (Wildman–Crippen MR) is 97.4 cm³/mol. The van der Waals surface area contributed by atoms with Crippen LogP contribution in [0.4, 0.5) is 5.88 Å². The molecule has 2 aromatic heterocycles. The van der Waals surface area contributed by atoms with Gasteiger partial charge in [-0.05, 0) is 38.8 Å². The van der Waals surface area contributed by atoms with Crippen LogP contribution in [0.3, 0.4) is 0 Å². The first-order chi connectivity index (χ1) is 12.4. The van der Waals surface area contributed by atoms with Crippen LogP contribution in [-0.2, 0) is 14.8 Å². The molecule has 0 unspecified atom stereocenters. The zero-order valence-electron chi connectivity index (χ0n) is 14.5. The van der Waals surface area contributed by atoms with Crippen LogP contribution in [0.15, 0.2) is 38.8 Å². The quantitative estimate of drug-likeness (QED) is 0.747. The lowest BCUT2D eigenvalue weighted by atomic mass is 10.4. The number of carbonyl (C=O) groups is 1. The largest absolute Gasteiger partial charge is 0.338 e. The Hall–Kier alpha value is -1.91. The molecule has 1 amide bonds. The zero-order chi connectivity index (χ0) is 18.7. The number of nitrogens with zero attached hydrogens (tertiary/aromatic N) is 3. The summed E-state index contributed by atoms with van der Waals surface area (Å²) in [5, 5.41) is 6.48. The van der Waals surface area contributed by atoms with Crippen molar-refractivity contribution in [2.75, 3.05) is 18.4 Å². The highest BCUT2D eigenvalue weighted by atomic mass is 32.2. The molecule has 1 saturated heterocycles. The van der Waals surface area contributed by atoms with E-state index in [9.17, 15) is 13.2 Å². The smallest absolute Gasteiger partial charge is 0.244 e. The Labute approximate surface area is 156 Å². The van der Waals surface area contributed by atoms with E-state index in [0.29, 0.717) is 29.7 Å². The van der Waals surface area contributed by atoms with E-state index < -0.39 is 15.3 Å². The number of amides is 1. The molecule has 1 N–H and O–H groups in total. The lowest BCUT2D eigenvalue weighted by molar-refractivity contribution is -0.115. The minimum absolute atomic E-state index is 0.179. The predicted octanol–water partition coefficient (Wildman–Crippen LogP) is 2.28. The first kappa shape index (κ1) is 18.9. The van der Waals surface area contributed by atoms with Crippen LogP contribution >= 0.6 is 11.8 Å². The molecule has 10 heteroatoms. The van der Waals surface area contributed by atoms with E-state index in [1.165, 1.54) is 28.3 Å². The zero-order valence-corrected chi connectivity index (χ0v) is 16.1. The van der Waals surface area contributed by atoms with E-state index in [2.05, 4.69) is 15.5 Å². The molecule has 0 radical (unpaired) electrons. The molecule has 0 saturated carbocycles. The van der Waals surface area contributed by atoms with E-state index in [-0.39, 0.29) is 10.8 Å². The number of thioether (sulfide) groups is 1. The van der Waals surface area contributed by atoms with E-state index in [4.69, 9.17) is 4.52 Å². The third-order valence-electron chi connectivity index (χ3n) is 3.95. The summed E-state index contributed by atoms with van der Waals surface area (Å²) >= 11 is 1.24. The van der Waals surface area contributed by atoms with Gasteiger partial charge in [0.2, 0.25) is 21.8 Å². The highest BCUT2D eigenvalue weighted by Gasteiger charge is 2.27. The number of aryl methyl sites for hydroxylation is 1. The molecule has 3 rings (SSSR count). The first-order valence-electron chi connectivity index (χ1n) is 8.23. The van der Waals surface area contributed by atoms with Crippen molar-refractivity contribution >= 4 is 33.6 Å². The van der Waals surface area contributed by atoms with Crippen LogP contribution in [0.2, 0.25) is 0 Å². The van der Waals surface area contributed by atoms with Crippen molar-refractivity contribution in [2.45, 2.75) is 41.9 Å². The first-order valence-corrected chi connectivity index (χ1v) is 10.6. The van der Waals surface area contributed by atoms with Crippen LogP contribution in [0.1, 0.15) is 25.5 Å². The molecule has 26 heavy (non-hydrogen) atoms. The summed E-state index contributed by atoms with van der Waals surface area (Å²) in [5.74, 6) is 0.0432. The Balaban J connectivity index is 1.62. The van der Waals surface area contributed by atoms with Gasteiger partial charge in [-0.15, -0.1) is 0 Å². The van der Waals surface area contributed by atoms with Crippen molar-refractivity contribution in [1.29, 1.82) is 0 Å². The van der Waals surface area contributed by atoms with Crippen molar-refractivity contribution in [1.82, 2.24) is 14.4 Å². The molecule has 2 aromatic rings. The van der Waals surface area contributed by atoms with Crippen LogP contribution in [-0.4, -0.2) is 47.1 Å². The third kappa shape index (κ3) is 4.25. The van der Waals surface area contributed by atoms with Gasteiger partial charge in [-0.3, -0.25) is 10.1 Å². The lowest BCUT2D eigenvalue weighted by Gasteiger charge is -2.15. The molecular weight excluding hydrogens is 376 g/mol. The summed E-state index contributed by atoms with van der Waals surface area (Å²) in [6.07, 6.45) is 3.12. The number of sulfonamides is 1. The SMILES string of the molecule is Cc1cc(NC(=O)[C@H](C)Sc2ccc(S(=O)(=O)N3CCCC3)cn2)on1. The molecule has 0 bridgehead atoms. The van der Waals surface area contributed by atoms with Gasteiger partial charge in [-0.1, -0.05) is 16.9 Å². The number of carbonyl (C=O) groups excluding carboxylic acids is 1. The summed E-state index contributed by atoms with van der Waals surface area (Å²) < 4.78 is 31.4. The van der Waals surface area contributed by atoms with E-state index in [0.717, 1.165) is 12.8 Å². The number of pyridine rings is 1. The van der Waals surface area contributed by atoms with Gasteiger partial charge in [-0.2, -0.15) is 4.31 Å². The summed E-state index contributed by atoms with van der Waals surface area (Å²) in [6.45, 7) is 4.60. The average Bonchev–Trinajstić information content (AvgIpc) is 3.27. The van der Waals surface area contributed by atoms with Gasteiger partial charge in [0.1, 0.15) is 4.90 Å². The van der Waals surface area contributed by atoms with Gasteiger partial charge in [0.15, 0.2) is 0 Å². The lowest BCUT2D eigenvalue weighted by Crippen LogP contribution is -2.28. The van der Waals surface area contributed by atoms with Crippen LogP contribution < -0.4 is 5.32 Å². The molecule has 1 fully saturated rings. The molecule has 1 atom stereocenters. The molecule has 140 valence electrons. The van der Waals surface area contributed by atoms with Crippen molar-refractivity contribution in [3.05, 3.63) is 30.1 Å². The van der Waals surface area contributed by atoms with Crippen molar-refractivity contribution in [3.63, 3.8) is 0 Å². The topological polar surface area (TPSA) is 105 Å². The maximum Gasteiger partial charge on any atom is 0.244 e. The maximum absolute atomic E-state index is 12.5. The standard InChI is InChI=1S/C16H20N4O4S2/c1-11-9-14(24-19-11)18-16(21)12(2)25-15-6-5-13(10-17-15)26(22,23)20-7-3-4-8-20/h5-6,9-10,12H,3-4,7-8H2,1-2H3,(H,18,21)/t12-/m0/s1. The number of hydrogen-bond acceptors (Lipinski definition) is 7. The molecule has 1 aliphatic heterocycles. The number of hydrogen-bond donors (Lipinski definition) is 1. The second-order valence-corrected chi connectivity index (χ2v) is 9.32. The number of anilines is 1. The fourth-order valence-corrected chi connectivity index (χ4v) is 4.80. The van der Waals surface area contributed by atoms with Gasteiger partial charge in [-0.25, -0.2) is 13.4 Å². The monoisotopic (exact) mass is 396 g/mol.